The molecule has 1 aromatic carbocycles. The van der Waals surface area contributed by atoms with Gasteiger partial charge in [-0.15, -0.1) is 0 Å². The van der Waals surface area contributed by atoms with Gasteiger partial charge in [0.2, 0.25) is 0 Å². The first-order valence-electron chi connectivity index (χ1n) is 8.53. The van der Waals surface area contributed by atoms with Crippen molar-refractivity contribution in [2.75, 3.05) is 7.11 Å². The van der Waals surface area contributed by atoms with Crippen LogP contribution in [0.3, 0.4) is 0 Å². The minimum Gasteiger partial charge on any atom is -0.511 e. The van der Waals surface area contributed by atoms with Gasteiger partial charge in [0.1, 0.15) is 11.5 Å². The Kier molecular flexibility index (Phi) is 2.62. The first-order valence-corrected chi connectivity index (χ1v) is 8.53. The fourth-order valence-electron chi connectivity index (χ4n) is 4.91. The molecule has 23 heavy (non-hydrogen) atoms. The van der Waals surface area contributed by atoms with Gasteiger partial charge in [0.15, 0.2) is 5.78 Å². The molecule has 0 radical (unpaired) electrons. The number of ketones is 1. The fraction of sp³-hybridized carbons (Fsp3) is 0.450. The molecule has 4 atom stereocenters. The number of hydrogen-bond acceptors (Lipinski definition) is 3. The number of fused-ring (bicyclic) bond motifs is 5. The number of benzene rings is 1. The van der Waals surface area contributed by atoms with Gasteiger partial charge < -0.3 is 9.84 Å². The molecule has 4 aliphatic rings. The molecule has 118 valence electrons. The predicted molar refractivity (Wildman–Crippen MR) is 87.2 cm³/mol. The van der Waals surface area contributed by atoms with E-state index in [1.807, 2.05) is 12.1 Å². The third kappa shape index (κ3) is 1.73. The van der Waals surface area contributed by atoms with E-state index in [0.717, 1.165) is 17.7 Å². The Morgan fingerprint density at radius 2 is 1.87 bits per heavy atom. The third-order valence-corrected chi connectivity index (χ3v) is 6.13. The molecule has 0 aliphatic heterocycles. The van der Waals surface area contributed by atoms with E-state index < -0.39 is 0 Å². The summed E-state index contributed by atoms with van der Waals surface area (Å²) in [5.74, 6) is 2.35. The SMILES string of the molecule is COc1ccc(C2CC2)c(C2=C(O)C3C(C2=O)[C@@H]2C=C[C@H]3C2)c1. The first kappa shape index (κ1) is 13.4. The molecular weight excluding hydrogens is 288 g/mol. The number of allylic oxidation sites excluding steroid dienone is 4. The molecule has 4 aliphatic carbocycles. The number of methoxy groups -OCH3 is 1. The maximum atomic E-state index is 13.1. The van der Waals surface area contributed by atoms with Crippen molar-refractivity contribution < 1.29 is 14.6 Å². The highest BCUT2D eigenvalue weighted by atomic mass is 16.5. The first-order chi connectivity index (χ1) is 11.2. The van der Waals surface area contributed by atoms with E-state index in [2.05, 4.69) is 18.2 Å². The number of carbonyl (C=O) groups is 1. The number of ether oxygens (including phenoxy) is 1. The normalized spacial score (nSPS) is 34.4. The molecule has 0 spiro atoms. The molecule has 2 fully saturated rings. The average Bonchev–Trinajstić information content (AvgIpc) is 3.11. The van der Waals surface area contributed by atoms with Crippen LogP contribution in [0, 0.1) is 23.7 Å². The van der Waals surface area contributed by atoms with Crippen LogP contribution in [0.2, 0.25) is 0 Å². The Bertz CT molecular complexity index is 769. The lowest BCUT2D eigenvalue weighted by atomic mass is 9.84. The minimum atomic E-state index is -0.0433. The van der Waals surface area contributed by atoms with Gasteiger partial charge in [-0.2, -0.15) is 0 Å². The molecule has 3 nitrogen and oxygen atoms in total. The van der Waals surface area contributed by atoms with Crippen molar-refractivity contribution >= 4 is 11.4 Å². The van der Waals surface area contributed by atoms with Crippen molar-refractivity contribution in [1.82, 2.24) is 0 Å². The van der Waals surface area contributed by atoms with Crippen LogP contribution >= 0.6 is 0 Å². The van der Waals surface area contributed by atoms with Crippen LogP contribution in [0.1, 0.15) is 36.3 Å². The Labute approximate surface area is 135 Å². The third-order valence-electron chi connectivity index (χ3n) is 6.13. The summed E-state index contributed by atoms with van der Waals surface area (Å²) < 4.78 is 5.36. The summed E-state index contributed by atoms with van der Waals surface area (Å²) >= 11 is 0. The maximum Gasteiger partial charge on any atom is 0.171 e. The number of hydrogen-bond donors (Lipinski definition) is 1. The Hall–Kier alpha value is -2.03. The Morgan fingerprint density at radius 1 is 1.13 bits per heavy atom. The van der Waals surface area contributed by atoms with Crippen molar-refractivity contribution in [2.24, 2.45) is 23.7 Å². The van der Waals surface area contributed by atoms with E-state index in [9.17, 15) is 9.90 Å². The number of aliphatic hydroxyl groups is 1. The van der Waals surface area contributed by atoms with Crippen molar-refractivity contribution in [1.29, 1.82) is 0 Å². The zero-order valence-electron chi connectivity index (χ0n) is 13.2. The minimum absolute atomic E-state index is 0.00533. The summed E-state index contributed by atoms with van der Waals surface area (Å²) in [6, 6.07) is 5.97. The van der Waals surface area contributed by atoms with E-state index in [-0.39, 0.29) is 17.6 Å². The van der Waals surface area contributed by atoms with Crippen LogP contribution in [0.15, 0.2) is 36.1 Å². The molecule has 3 heteroatoms. The summed E-state index contributed by atoms with van der Waals surface area (Å²) in [4.78, 5) is 13.1. The van der Waals surface area contributed by atoms with Gasteiger partial charge in [0.25, 0.3) is 0 Å². The lowest BCUT2D eigenvalue weighted by Crippen LogP contribution is -2.22. The lowest BCUT2D eigenvalue weighted by Gasteiger charge is -2.19. The molecule has 2 saturated carbocycles. The maximum absolute atomic E-state index is 13.1. The van der Waals surface area contributed by atoms with Crippen LogP contribution < -0.4 is 4.74 Å². The fourth-order valence-corrected chi connectivity index (χ4v) is 4.91. The standard InChI is InChI=1S/C20H20O3/c1-23-13-6-7-14(10-2-3-10)15(9-13)18-19(21)16-11-4-5-12(8-11)17(16)20(18)22/h4-7,9-12,16-17,21H,2-3,8H2,1H3/t11-,12+,16?,17?/m0/s1. The molecule has 0 aromatic heterocycles. The van der Waals surface area contributed by atoms with Gasteiger partial charge in [-0.1, -0.05) is 18.2 Å². The van der Waals surface area contributed by atoms with E-state index in [1.165, 1.54) is 18.4 Å². The van der Waals surface area contributed by atoms with Gasteiger partial charge >= 0.3 is 0 Å². The average molecular weight is 308 g/mol. The number of rotatable bonds is 3. The molecule has 2 bridgehead atoms. The monoisotopic (exact) mass is 308 g/mol. The summed E-state index contributed by atoms with van der Waals surface area (Å²) in [7, 11) is 1.64. The second-order valence-electron chi connectivity index (χ2n) is 7.35. The highest BCUT2D eigenvalue weighted by molar-refractivity contribution is 6.25. The molecule has 0 heterocycles. The van der Waals surface area contributed by atoms with E-state index in [1.54, 1.807) is 7.11 Å². The molecule has 0 amide bonds. The van der Waals surface area contributed by atoms with E-state index in [4.69, 9.17) is 4.74 Å². The zero-order chi connectivity index (χ0) is 15.7. The van der Waals surface area contributed by atoms with Gasteiger partial charge in [-0.25, -0.2) is 0 Å². The van der Waals surface area contributed by atoms with Gasteiger partial charge in [0, 0.05) is 11.8 Å². The Balaban J connectivity index is 1.66. The number of carbonyl (C=O) groups excluding carboxylic acids is 1. The highest BCUT2D eigenvalue weighted by Crippen LogP contribution is 2.58. The largest absolute Gasteiger partial charge is 0.511 e. The van der Waals surface area contributed by atoms with Crippen molar-refractivity contribution in [2.45, 2.75) is 25.2 Å². The highest BCUT2D eigenvalue weighted by Gasteiger charge is 2.56. The van der Waals surface area contributed by atoms with Gasteiger partial charge in [-0.05, 0) is 60.3 Å². The molecule has 0 saturated heterocycles. The smallest absolute Gasteiger partial charge is 0.171 e. The second-order valence-corrected chi connectivity index (χ2v) is 7.35. The molecule has 5 rings (SSSR count). The van der Waals surface area contributed by atoms with Crippen molar-refractivity contribution in [3.63, 3.8) is 0 Å². The number of Topliss-reactive ketones (excluding diaryl/α,β-unsaturated/α-hetero) is 1. The summed E-state index contributed by atoms with van der Waals surface area (Å²) in [6.45, 7) is 0. The van der Waals surface area contributed by atoms with E-state index >= 15 is 0 Å². The second kappa shape index (κ2) is 4.50. The summed E-state index contributed by atoms with van der Waals surface area (Å²) in [6.07, 6.45) is 7.72. The topological polar surface area (TPSA) is 46.5 Å². The molecule has 1 N–H and O–H groups in total. The molecule has 2 unspecified atom stereocenters. The van der Waals surface area contributed by atoms with Crippen LogP contribution in [0.4, 0.5) is 0 Å². The zero-order valence-corrected chi connectivity index (χ0v) is 13.2. The van der Waals surface area contributed by atoms with Crippen molar-refractivity contribution in [3.05, 3.63) is 47.2 Å². The Morgan fingerprint density at radius 3 is 2.52 bits per heavy atom. The summed E-state index contributed by atoms with van der Waals surface area (Å²) in [5.41, 5.74) is 2.67. The van der Waals surface area contributed by atoms with Crippen LogP contribution in [-0.4, -0.2) is 18.0 Å². The van der Waals surface area contributed by atoms with Crippen LogP contribution in [0.5, 0.6) is 5.75 Å². The predicted octanol–water partition coefficient (Wildman–Crippen LogP) is 3.86. The van der Waals surface area contributed by atoms with Crippen molar-refractivity contribution in [3.8, 4) is 5.75 Å². The molecular formula is C20H20O3. The van der Waals surface area contributed by atoms with Gasteiger partial charge in [0.05, 0.1) is 12.7 Å². The van der Waals surface area contributed by atoms with E-state index in [0.29, 0.717) is 29.1 Å². The summed E-state index contributed by atoms with van der Waals surface area (Å²) in [5, 5.41) is 10.9. The molecule has 1 aromatic rings. The van der Waals surface area contributed by atoms with Crippen LogP contribution in [-0.2, 0) is 4.79 Å². The lowest BCUT2D eigenvalue weighted by molar-refractivity contribution is -0.118. The van der Waals surface area contributed by atoms with Gasteiger partial charge in [-0.3, -0.25) is 4.79 Å². The quantitative estimate of drug-likeness (QED) is 0.862. The van der Waals surface area contributed by atoms with Crippen LogP contribution in [0.25, 0.3) is 5.57 Å². The number of aliphatic hydroxyl groups excluding tert-OH is 1.